The van der Waals surface area contributed by atoms with Crippen molar-refractivity contribution < 1.29 is 23.1 Å². The van der Waals surface area contributed by atoms with Crippen molar-refractivity contribution in [1.29, 1.82) is 0 Å². The highest BCUT2D eigenvalue weighted by Crippen LogP contribution is 2.51. The summed E-state index contributed by atoms with van der Waals surface area (Å²) in [7, 11) is 0. The Balaban J connectivity index is 0.000000178. The van der Waals surface area contributed by atoms with Crippen LogP contribution in [0.3, 0.4) is 0 Å². The zero-order chi connectivity index (χ0) is 16.0. The molecule has 0 unspecified atom stereocenters. The van der Waals surface area contributed by atoms with Crippen LogP contribution in [0.25, 0.3) is 0 Å². The van der Waals surface area contributed by atoms with Gasteiger partial charge in [0.25, 0.3) is 0 Å². The number of nitrogens with one attached hydrogen (secondary N) is 1. The normalized spacial score (nSPS) is 23.2. The number of hydrogen-bond acceptors (Lipinski definition) is 3. The Morgan fingerprint density at radius 3 is 2.36 bits per heavy atom. The van der Waals surface area contributed by atoms with E-state index < -0.39 is 12.1 Å². The minimum Gasteiger partial charge on any atom is -0.475 e. The largest absolute Gasteiger partial charge is 0.490 e. The molecule has 1 aliphatic heterocycles. The summed E-state index contributed by atoms with van der Waals surface area (Å²) in [6.07, 6.45) is 4.70. The standard InChI is InChI=1S/C12H17N3.C2HF3O2/c1-2-9(1)11-5-15(8-14-11)10-3-12(4-10)6-13-7-12;3-2(4,5)1(6)7/h5,8-10,13H,1-4,6-7H2;(H,6,7). The highest BCUT2D eigenvalue weighted by atomic mass is 19.4. The van der Waals surface area contributed by atoms with Gasteiger partial charge < -0.3 is 15.0 Å². The molecule has 2 aliphatic carbocycles. The third-order valence-electron chi connectivity index (χ3n) is 4.62. The number of nitrogens with zero attached hydrogens (tertiary/aromatic N) is 2. The Labute approximate surface area is 125 Å². The molecule has 0 bridgehead atoms. The fourth-order valence-electron chi connectivity index (χ4n) is 3.06. The van der Waals surface area contributed by atoms with E-state index in [1.807, 2.05) is 0 Å². The lowest BCUT2D eigenvalue weighted by Gasteiger charge is -2.54. The van der Waals surface area contributed by atoms with Gasteiger partial charge in [-0.15, -0.1) is 0 Å². The third-order valence-corrected chi connectivity index (χ3v) is 4.62. The molecule has 1 spiro atoms. The molecule has 1 aromatic heterocycles. The number of aromatic nitrogens is 2. The van der Waals surface area contributed by atoms with E-state index in [0.29, 0.717) is 5.41 Å². The van der Waals surface area contributed by atoms with E-state index in [4.69, 9.17) is 9.90 Å². The summed E-state index contributed by atoms with van der Waals surface area (Å²) >= 11 is 0. The summed E-state index contributed by atoms with van der Waals surface area (Å²) < 4.78 is 34.1. The van der Waals surface area contributed by atoms with Crippen LogP contribution in [0.5, 0.6) is 0 Å². The number of rotatable bonds is 2. The molecule has 1 saturated heterocycles. The highest BCUT2D eigenvalue weighted by Gasteiger charge is 2.49. The Kier molecular flexibility index (Phi) is 3.66. The molecule has 2 saturated carbocycles. The quantitative estimate of drug-likeness (QED) is 0.878. The van der Waals surface area contributed by atoms with Crippen molar-refractivity contribution in [3.8, 4) is 0 Å². The van der Waals surface area contributed by atoms with Crippen molar-refractivity contribution in [2.24, 2.45) is 5.41 Å². The second-order valence-electron chi connectivity index (χ2n) is 6.49. The van der Waals surface area contributed by atoms with E-state index in [2.05, 4.69) is 27.4 Å². The Morgan fingerprint density at radius 1 is 1.36 bits per heavy atom. The molecule has 8 heteroatoms. The molecule has 3 fully saturated rings. The van der Waals surface area contributed by atoms with E-state index in [-0.39, 0.29) is 0 Å². The first-order valence-corrected chi connectivity index (χ1v) is 7.33. The maximum absolute atomic E-state index is 10.6. The molecule has 1 aromatic rings. The monoisotopic (exact) mass is 317 g/mol. The van der Waals surface area contributed by atoms with Gasteiger partial charge >= 0.3 is 12.1 Å². The molecule has 0 amide bonds. The number of alkyl halides is 3. The molecule has 5 nitrogen and oxygen atoms in total. The van der Waals surface area contributed by atoms with E-state index in [1.165, 1.54) is 44.5 Å². The number of imidazole rings is 1. The van der Waals surface area contributed by atoms with Gasteiger partial charge in [0.1, 0.15) is 0 Å². The molecular weight excluding hydrogens is 299 g/mol. The first-order chi connectivity index (χ1) is 10.3. The second-order valence-corrected chi connectivity index (χ2v) is 6.49. The summed E-state index contributed by atoms with van der Waals surface area (Å²) in [6.45, 7) is 2.49. The van der Waals surface area contributed by atoms with Crippen LogP contribution in [0.2, 0.25) is 0 Å². The smallest absolute Gasteiger partial charge is 0.475 e. The minimum absolute atomic E-state index is 0.675. The fourth-order valence-corrected chi connectivity index (χ4v) is 3.06. The number of halogens is 3. The SMILES string of the molecule is O=C(O)C(F)(F)F.c1nc(C2CC2)cn1C1CC2(CNC2)C1. The van der Waals surface area contributed by atoms with Crippen molar-refractivity contribution >= 4 is 5.97 Å². The number of carboxylic acid groups (broad SMARTS) is 1. The second kappa shape index (κ2) is 5.26. The van der Waals surface area contributed by atoms with Crippen molar-refractivity contribution in [3.05, 3.63) is 18.2 Å². The van der Waals surface area contributed by atoms with E-state index in [1.54, 1.807) is 0 Å². The predicted octanol–water partition coefficient (Wildman–Crippen LogP) is 2.32. The number of carboxylic acids is 1. The molecule has 22 heavy (non-hydrogen) atoms. The van der Waals surface area contributed by atoms with E-state index in [9.17, 15) is 13.2 Å². The Bertz CT molecular complexity index is 554. The first kappa shape index (κ1) is 15.3. The zero-order valence-corrected chi connectivity index (χ0v) is 11.9. The Morgan fingerprint density at radius 2 is 1.95 bits per heavy atom. The Hall–Kier alpha value is -1.57. The van der Waals surface area contributed by atoms with Crippen LogP contribution in [-0.4, -0.2) is 39.9 Å². The van der Waals surface area contributed by atoms with Crippen LogP contribution in [0.15, 0.2) is 12.5 Å². The highest BCUT2D eigenvalue weighted by molar-refractivity contribution is 5.73. The fraction of sp³-hybridized carbons (Fsp3) is 0.714. The van der Waals surface area contributed by atoms with Crippen molar-refractivity contribution in [2.45, 2.75) is 43.8 Å². The van der Waals surface area contributed by atoms with E-state index in [0.717, 1.165) is 12.0 Å². The molecule has 4 rings (SSSR count). The maximum atomic E-state index is 10.6. The average Bonchev–Trinajstić information content (AvgIpc) is 3.05. The summed E-state index contributed by atoms with van der Waals surface area (Å²) in [5.41, 5.74) is 2.01. The van der Waals surface area contributed by atoms with Crippen LogP contribution in [0.4, 0.5) is 13.2 Å². The minimum atomic E-state index is -5.08. The molecular formula is C14H18F3N3O2. The molecule has 3 aliphatic rings. The van der Waals surface area contributed by atoms with Crippen LogP contribution in [0.1, 0.15) is 43.3 Å². The summed E-state index contributed by atoms with van der Waals surface area (Å²) in [5.74, 6) is -1.96. The topological polar surface area (TPSA) is 67.1 Å². The van der Waals surface area contributed by atoms with Crippen LogP contribution in [0, 0.1) is 5.41 Å². The van der Waals surface area contributed by atoms with Crippen molar-refractivity contribution in [3.63, 3.8) is 0 Å². The van der Waals surface area contributed by atoms with E-state index >= 15 is 0 Å². The van der Waals surface area contributed by atoms with Crippen LogP contribution < -0.4 is 5.32 Å². The van der Waals surface area contributed by atoms with Gasteiger partial charge in [-0.3, -0.25) is 0 Å². The maximum Gasteiger partial charge on any atom is 0.490 e. The molecule has 2 heterocycles. The predicted molar refractivity (Wildman–Crippen MR) is 71.5 cm³/mol. The van der Waals surface area contributed by atoms with Gasteiger partial charge in [0.15, 0.2) is 0 Å². The lowest BCUT2D eigenvalue weighted by molar-refractivity contribution is -0.192. The van der Waals surface area contributed by atoms with Crippen LogP contribution >= 0.6 is 0 Å². The summed E-state index contributed by atoms with van der Waals surface area (Å²) in [6, 6.07) is 0.743. The third kappa shape index (κ3) is 3.11. The summed E-state index contributed by atoms with van der Waals surface area (Å²) in [4.78, 5) is 13.4. The first-order valence-electron chi connectivity index (χ1n) is 7.33. The lowest BCUT2D eigenvalue weighted by Crippen LogP contribution is -2.60. The van der Waals surface area contributed by atoms with Gasteiger partial charge in [0.2, 0.25) is 0 Å². The molecule has 0 radical (unpaired) electrons. The van der Waals surface area contributed by atoms with Gasteiger partial charge in [-0.2, -0.15) is 13.2 Å². The number of hydrogen-bond donors (Lipinski definition) is 2. The van der Waals surface area contributed by atoms with Crippen molar-refractivity contribution in [1.82, 2.24) is 14.9 Å². The average molecular weight is 317 g/mol. The van der Waals surface area contributed by atoms with Crippen molar-refractivity contribution in [2.75, 3.05) is 13.1 Å². The number of aliphatic carboxylic acids is 1. The summed E-state index contributed by atoms with van der Waals surface area (Å²) in [5, 5.41) is 10.5. The van der Waals surface area contributed by atoms with Gasteiger partial charge in [-0.1, -0.05) is 0 Å². The molecule has 2 N–H and O–H groups in total. The molecule has 0 aromatic carbocycles. The van der Waals surface area contributed by atoms with Gasteiger partial charge in [0, 0.05) is 31.2 Å². The molecule has 0 atom stereocenters. The number of carbonyl (C=O) groups is 1. The van der Waals surface area contributed by atoms with Gasteiger partial charge in [-0.05, 0) is 31.1 Å². The van der Waals surface area contributed by atoms with Gasteiger partial charge in [0.05, 0.1) is 12.0 Å². The van der Waals surface area contributed by atoms with Gasteiger partial charge in [-0.25, -0.2) is 9.78 Å². The zero-order valence-electron chi connectivity index (χ0n) is 11.9. The van der Waals surface area contributed by atoms with Crippen LogP contribution in [-0.2, 0) is 4.79 Å². The molecule has 122 valence electrons. The lowest BCUT2D eigenvalue weighted by atomic mass is 9.61.